The van der Waals surface area contributed by atoms with Crippen LogP contribution in [0.15, 0.2) is 36.4 Å². The molecule has 0 heterocycles. The molecule has 0 fully saturated rings. The minimum atomic E-state index is -0.495. The summed E-state index contributed by atoms with van der Waals surface area (Å²) in [6, 6.07) is 9.86. The van der Waals surface area contributed by atoms with Crippen LogP contribution in [0.3, 0.4) is 0 Å². The van der Waals surface area contributed by atoms with Crippen LogP contribution in [0.1, 0.15) is 27.0 Å². The van der Waals surface area contributed by atoms with E-state index in [4.69, 9.17) is 0 Å². The number of nitrogens with zero attached hydrogens (tertiary/aromatic N) is 2. The number of hydrogen-bond donors (Lipinski definition) is 1. The number of hydrogen-bond acceptors (Lipinski definition) is 4. The van der Waals surface area contributed by atoms with Crippen LogP contribution in [0.4, 0.5) is 11.4 Å². The quantitative estimate of drug-likeness (QED) is 0.658. The summed E-state index contributed by atoms with van der Waals surface area (Å²) in [5, 5.41) is 13.7. The molecule has 0 unspecified atom stereocenters. The smallest absolute Gasteiger partial charge is 0.272 e. The highest BCUT2D eigenvalue weighted by molar-refractivity contribution is 6.00. The van der Waals surface area contributed by atoms with Crippen molar-refractivity contribution >= 4 is 23.2 Å². The van der Waals surface area contributed by atoms with Crippen molar-refractivity contribution in [2.75, 3.05) is 18.9 Å². The van der Waals surface area contributed by atoms with Crippen molar-refractivity contribution in [3.8, 4) is 0 Å². The van der Waals surface area contributed by atoms with Crippen molar-refractivity contribution in [2.24, 2.45) is 0 Å². The van der Waals surface area contributed by atoms with Crippen molar-refractivity contribution in [2.45, 2.75) is 20.8 Å². The summed E-state index contributed by atoms with van der Waals surface area (Å²) < 4.78 is 0. The van der Waals surface area contributed by atoms with E-state index in [0.717, 1.165) is 16.8 Å². The number of rotatable bonds is 5. The second-order valence-electron chi connectivity index (χ2n) is 6.23. The first-order valence-corrected chi connectivity index (χ1v) is 8.07. The molecule has 136 valence electrons. The van der Waals surface area contributed by atoms with Crippen molar-refractivity contribution in [1.82, 2.24) is 4.90 Å². The summed E-state index contributed by atoms with van der Waals surface area (Å²) in [5.41, 5.74) is 3.28. The molecule has 0 saturated heterocycles. The molecule has 2 aromatic rings. The summed E-state index contributed by atoms with van der Waals surface area (Å²) in [7, 11) is 1.52. The van der Waals surface area contributed by atoms with E-state index in [-0.39, 0.29) is 24.0 Å². The van der Waals surface area contributed by atoms with Crippen molar-refractivity contribution in [1.29, 1.82) is 0 Å². The number of nitrogens with one attached hydrogen (secondary N) is 1. The number of para-hydroxylation sites is 1. The number of nitro benzene ring substituents is 1. The standard InChI is InChI=1S/C19H21N3O4/c1-12-6-5-7-13(2)18(12)20-17(23)11-21(4)19(24)15-8-9-16(22(25)26)14(3)10-15/h5-10H,11H2,1-4H3,(H,20,23). The molecule has 0 saturated carbocycles. The lowest BCUT2D eigenvalue weighted by atomic mass is 10.1. The Morgan fingerprint density at radius 2 is 1.69 bits per heavy atom. The van der Waals surface area contributed by atoms with E-state index in [2.05, 4.69) is 5.32 Å². The molecule has 1 N–H and O–H groups in total. The summed E-state index contributed by atoms with van der Waals surface area (Å²) in [6.07, 6.45) is 0. The van der Waals surface area contributed by atoms with E-state index in [0.29, 0.717) is 11.1 Å². The third kappa shape index (κ3) is 4.24. The maximum atomic E-state index is 12.5. The Hall–Kier alpha value is -3.22. The highest BCUT2D eigenvalue weighted by Crippen LogP contribution is 2.21. The van der Waals surface area contributed by atoms with E-state index in [1.807, 2.05) is 32.0 Å². The van der Waals surface area contributed by atoms with Gasteiger partial charge in [0.1, 0.15) is 0 Å². The molecule has 0 radical (unpaired) electrons. The van der Waals surface area contributed by atoms with Crippen LogP contribution in [0.2, 0.25) is 0 Å². The van der Waals surface area contributed by atoms with Crippen molar-refractivity contribution in [3.05, 3.63) is 68.8 Å². The Labute approximate surface area is 151 Å². The largest absolute Gasteiger partial charge is 0.332 e. The predicted octanol–water partition coefficient (Wildman–Crippen LogP) is 3.23. The molecule has 0 aromatic heterocycles. The lowest BCUT2D eigenvalue weighted by molar-refractivity contribution is -0.385. The Bertz CT molecular complexity index is 857. The van der Waals surface area contributed by atoms with Gasteiger partial charge in [-0.2, -0.15) is 0 Å². The van der Waals surface area contributed by atoms with E-state index in [1.165, 1.54) is 30.1 Å². The molecular formula is C19H21N3O4. The Morgan fingerprint density at radius 3 is 2.23 bits per heavy atom. The fourth-order valence-electron chi connectivity index (χ4n) is 2.69. The van der Waals surface area contributed by atoms with Crippen LogP contribution < -0.4 is 5.32 Å². The number of nitro groups is 1. The number of aryl methyl sites for hydroxylation is 3. The van der Waals surface area contributed by atoms with Gasteiger partial charge >= 0.3 is 0 Å². The van der Waals surface area contributed by atoms with Gasteiger partial charge in [-0.3, -0.25) is 19.7 Å². The number of amides is 2. The van der Waals surface area contributed by atoms with E-state index < -0.39 is 4.92 Å². The van der Waals surface area contributed by atoms with Gasteiger partial charge in [0, 0.05) is 29.9 Å². The average molecular weight is 355 g/mol. The van der Waals surface area contributed by atoms with E-state index in [9.17, 15) is 19.7 Å². The minimum Gasteiger partial charge on any atom is -0.332 e. The van der Waals surface area contributed by atoms with Gasteiger partial charge < -0.3 is 10.2 Å². The second kappa shape index (κ2) is 7.77. The molecule has 7 heteroatoms. The number of likely N-dealkylation sites (N-methyl/N-ethyl adjacent to an activating group) is 1. The molecule has 7 nitrogen and oxygen atoms in total. The molecule has 2 rings (SSSR count). The monoisotopic (exact) mass is 355 g/mol. The van der Waals surface area contributed by atoms with Gasteiger partial charge in [0.25, 0.3) is 11.6 Å². The molecule has 0 atom stereocenters. The summed E-state index contributed by atoms with van der Waals surface area (Å²) in [4.78, 5) is 36.4. The molecule has 2 aromatic carbocycles. The molecule has 0 spiro atoms. The summed E-state index contributed by atoms with van der Waals surface area (Å²) in [6.45, 7) is 5.25. The zero-order chi connectivity index (χ0) is 19.4. The predicted molar refractivity (Wildman–Crippen MR) is 99.3 cm³/mol. The number of anilines is 1. The van der Waals surface area contributed by atoms with Crippen LogP contribution in [-0.2, 0) is 4.79 Å². The second-order valence-corrected chi connectivity index (χ2v) is 6.23. The Balaban J connectivity index is 2.08. The van der Waals surface area contributed by atoms with Gasteiger partial charge in [-0.05, 0) is 44.0 Å². The Morgan fingerprint density at radius 1 is 1.08 bits per heavy atom. The molecular weight excluding hydrogens is 334 g/mol. The number of benzene rings is 2. The molecule has 2 amide bonds. The lowest BCUT2D eigenvalue weighted by Gasteiger charge is -2.18. The topological polar surface area (TPSA) is 92.6 Å². The van der Waals surface area contributed by atoms with Crippen LogP contribution >= 0.6 is 0 Å². The maximum Gasteiger partial charge on any atom is 0.272 e. The van der Waals surface area contributed by atoms with Crippen molar-refractivity contribution in [3.63, 3.8) is 0 Å². The van der Waals surface area contributed by atoms with Gasteiger partial charge in [0.05, 0.1) is 11.5 Å². The van der Waals surface area contributed by atoms with Gasteiger partial charge in [-0.1, -0.05) is 18.2 Å². The molecule has 0 aliphatic rings. The van der Waals surface area contributed by atoms with Gasteiger partial charge in [-0.25, -0.2) is 0 Å². The van der Waals surface area contributed by atoms with Gasteiger partial charge in [0.2, 0.25) is 5.91 Å². The molecule has 0 aliphatic carbocycles. The van der Waals surface area contributed by atoms with E-state index >= 15 is 0 Å². The van der Waals surface area contributed by atoms with Crippen LogP contribution in [0, 0.1) is 30.9 Å². The lowest BCUT2D eigenvalue weighted by Crippen LogP contribution is -2.35. The summed E-state index contributed by atoms with van der Waals surface area (Å²) >= 11 is 0. The first kappa shape index (κ1) is 19.1. The fraction of sp³-hybridized carbons (Fsp3) is 0.263. The van der Waals surface area contributed by atoms with Crippen LogP contribution in [-0.4, -0.2) is 35.2 Å². The third-order valence-electron chi connectivity index (χ3n) is 4.11. The first-order valence-electron chi connectivity index (χ1n) is 8.07. The maximum absolute atomic E-state index is 12.5. The fourth-order valence-corrected chi connectivity index (χ4v) is 2.69. The van der Waals surface area contributed by atoms with Crippen molar-refractivity contribution < 1.29 is 14.5 Å². The molecule has 0 aliphatic heterocycles. The zero-order valence-electron chi connectivity index (χ0n) is 15.2. The van der Waals surface area contributed by atoms with E-state index in [1.54, 1.807) is 6.92 Å². The Kier molecular flexibility index (Phi) is 5.71. The number of carbonyl (C=O) groups is 2. The highest BCUT2D eigenvalue weighted by Gasteiger charge is 2.19. The van der Waals surface area contributed by atoms with Crippen LogP contribution in [0.25, 0.3) is 0 Å². The van der Waals surface area contributed by atoms with Gasteiger partial charge in [-0.15, -0.1) is 0 Å². The normalized spacial score (nSPS) is 10.3. The third-order valence-corrected chi connectivity index (χ3v) is 4.11. The number of carbonyl (C=O) groups excluding carboxylic acids is 2. The zero-order valence-corrected chi connectivity index (χ0v) is 15.2. The van der Waals surface area contributed by atoms with Crippen LogP contribution in [0.5, 0.6) is 0 Å². The summed E-state index contributed by atoms with van der Waals surface area (Å²) in [5.74, 6) is -0.684. The minimum absolute atomic E-state index is 0.0445. The average Bonchev–Trinajstić information content (AvgIpc) is 2.57. The van der Waals surface area contributed by atoms with Gasteiger partial charge in [0.15, 0.2) is 0 Å². The highest BCUT2D eigenvalue weighted by atomic mass is 16.6. The molecule has 26 heavy (non-hydrogen) atoms. The first-order chi connectivity index (χ1) is 12.2. The molecule has 0 bridgehead atoms. The SMILES string of the molecule is Cc1cc(C(=O)N(C)CC(=O)Nc2c(C)cccc2C)ccc1[N+](=O)[O-].